The largest absolute Gasteiger partial charge is 0.490 e. The zero-order chi connectivity index (χ0) is 28.7. The molecule has 2 N–H and O–H groups in total. The number of pyridine rings is 1. The second-order valence-corrected chi connectivity index (χ2v) is 8.36. The van der Waals surface area contributed by atoms with Crippen LogP contribution in [-0.2, 0) is 20.9 Å². The Balaban J connectivity index is 0.000000301. The molecule has 212 valence electrons. The molecule has 0 saturated carbocycles. The second kappa shape index (κ2) is 12.4. The van der Waals surface area contributed by atoms with Gasteiger partial charge in [0.05, 0.1) is 25.5 Å². The van der Waals surface area contributed by atoms with Crippen molar-refractivity contribution in [3.63, 3.8) is 0 Å². The summed E-state index contributed by atoms with van der Waals surface area (Å²) in [7, 11) is 0. The molecule has 38 heavy (non-hydrogen) atoms. The maximum absolute atomic E-state index is 13.7. The lowest BCUT2D eigenvalue weighted by Gasteiger charge is -2.26. The average molecular weight is 561 g/mol. The van der Waals surface area contributed by atoms with E-state index < -0.39 is 30.1 Å². The van der Waals surface area contributed by atoms with Crippen molar-refractivity contribution < 1.29 is 64.5 Å². The summed E-state index contributed by atoms with van der Waals surface area (Å²) in [6, 6.07) is 4.87. The van der Waals surface area contributed by atoms with E-state index in [1.54, 1.807) is 6.07 Å². The van der Waals surface area contributed by atoms with E-state index in [0.29, 0.717) is 25.7 Å². The van der Waals surface area contributed by atoms with Gasteiger partial charge in [-0.25, -0.2) is 19.0 Å². The van der Waals surface area contributed by atoms with Crippen LogP contribution in [0, 0.1) is 24.1 Å². The predicted octanol–water partition coefficient (Wildman–Crippen LogP) is 3.31. The molecular formula is C21H22F7N3O7. The Morgan fingerprint density at radius 2 is 1.79 bits per heavy atom. The van der Waals surface area contributed by atoms with Gasteiger partial charge in [-0.3, -0.25) is 4.90 Å². The van der Waals surface area contributed by atoms with Crippen molar-refractivity contribution in [1.29, 1.82) is 0 Å². The molecule has 2 fully saturated rings. The van der Waals surface area contributed by atoms with Gasteiger partial charge in [-0.1, -0.05) is 5.16 Å². The maximum atomic E-state index is 13.7. The van der Waals surface area contributed by atoms with E-state index in [2.05, 4.69) is 15.0 Å². The highest BCUT2D eigenvalue weighted by atomic mass is 19.4. The van der Waals surface area contributed by atoms with E-state index in [0.717, 1.165) is 31.1 Å². The topological polar surface area (TPSA) is 135 Å². The van der Waals surface area contributed by atoms with Crippen LogP contribution in [0.5, 0.6) is 5.88 Å². The molecule has 0 aliphatic carbocycles. The Morgan fingerprint density at radius 1 is 1.18 bits per heavy atom. The molecule has 2 aromatic heterocycles. The monoisotopic (exact) mass is 561 g/mol. The first kappa shape index (κ1) is 30.8. The van der Waals surface area contributed by atoms with E-state index >= 15 is 0 Å². The van der Waals surface area contributed by atoms with Crippen LogP contribution in [0.1, 0.15) is 11.5 Å². The minimum absolute atomic E-state index is 0.0584. The minimum atomic E-state index is -5.08. The van der Waals surface area contributed by atoms with Gasteiger partial charge in [0.25, 0.3) is 0 Å². The number of aromatic nitrogens is 2. The lowest BCUT2D eigenvalue weighted by atomic mass is 9.82. The van der Waals surface area contributed by atoms with Crippen LogP contribution in [0.4, 0.5) is 30.7 Å². The number of carboxylic acid groups (broad SMARTS) is 2. The molecule has 10 nitrogen and oxygen atoms in total. The number of halogens is 7. The van der Waals surface area contributed by atoms with Crippen molar-refractivity contribution in [2.24, 2.45) is 11.3 Å². The zero-order valence-electron chi connectivity index (χ0n) is 19.6. The minimum Gasteiger partial charge on any atom is -0.475 e. The normalized spacial score (nSPS) is 21.0. The Hall–Kier alpha value is -3.47. The fourth-order valence-corrected chi connectivity index (χ4v) is 3.68. The number of aryl methyl sites for hydroxylation is 1. The van der Waals surface area contributed by atoms with Gasteiger partial charge < -0.3 is 24.2 Å². The Morgan fingerprint density at radius 3 is 2.29 bits per heavy atom. The summed E-state index contributed by atoms with van der Waals surface area (Å²) in [6.45, 7) is 6.12. The third kappa shape index (κ3) is 8.83. The third-order valence-electron chi connectivity index (χ3n) is 5.36. The Kier molecular flexibility index (Phi) is 10.0. The first-order valence-corrected chi connectivity index (χ1v) is 10.6. The van der Waals surface area contributed by atoms with Gasteiger partial charge in [0.1, 0.15) is 5.76 Å². The summed E-state index contributed by atoms with van der Waals surface area (Å²) >= 11 is 0. The van der Waals surface area contributed by atoms with Crippen LogP contribution >= 0.6 is 0 Å². The van der Waals surface area contributed by atoms with Crippen molar-refractivity contribution in [3.05, 3.63) is 41.7 Å². The Bertz CT molecular complexity index is 1070. The van der Waals surface area contributed by atoms with Crippen molar-refractivity contribution in [2.45, 2.75) is 25.8 Å². The van der Waals surface area contributed by atoms with Crippen LogP contribution in [-0.4, -0.2) is 82.5 Å². The number of alkyl halides is 6. The number of rotatable bonds is 5. The number of carboxylic acids is 2. The maximum Gasteiger partial charge on any atom is 0.490 e. The summed E-state index contributed by atoms with van der Waals surface area (Å²) in [6.07, 6.45) is -8.63. The fourth-order valence-electron chi connectivity index (χ4n) is 3.68. The molecule has 0 amide bonds. The van der Waals surface area contributed by atoms with E-state index in [4.69, 9.17) is 33.8 Å². The quantitative estimate of drug-likeness (QED) is 0.524. The standard InChI is InChI=1S/C17H20FN3O3.2C2HF3O2/c1-12-5-14(20-24-12)7-21-6-13-8-22-10-17(13,9-21)11-23-16-15(18)3-2-4-19-16;2*3-2(4,5)1(6)7/h2-5,13H,6-11H2,1H3;2*(H,6,7)/t13-,17+;;/m1../s1. The molecule has 2 aliphatic heterocycles. The van der Waals surface area contributed by atoms with Gasteiger partial charge in [-0.05, 0) is 19.1 Å². The zero-order valence-corrected chi connectivity index (χ0v) is 19.6. The van der Waals surface area contributed by atoms with Crippen LogP contribution in [0.25, 0.3) is 0 Å². The van der Waals surface area contributed by atoms with E-state index in [9.17, 15) is 30.7 Å². The van der Waals surface area contributed by atoms with E-state index in [1.165, 1.54) is 12.3 Å². The summed E-state index contributed by atoms with van der Waals surface area (Å²) in [5.74, 6) is -4.70. The SMILES string of the molecule is Cc1cc(CN2C[C@@H]3COC[C@]3(COc3ncccc3F)C2)no1.O=C(O)C(F)(F)F.O=C(O)C(F)(F)F. The van der Waals surface area contributed by atoms with Crippen LogP contribution in [0.3, 0.4) is 0 Å². The van der Waals surface area contributed by atoms with Gasteiger partial charge in [0, 0.05) is 43.2 Å². The molecule has 4 heterocycles. The first-order chi connectivity index (χ1) is 17.5. The van der Waals surface area contributed by atoms with Gasteiger partial charge in [-0.15, -0.1) is 0 Å². The fraction of sp³-hybridized carbons (Fsp3) is 0.524. The summed E-state index contributed by atoms with van der Waals surface area (Å²) < 4.78 is 93.7. The summed E-state index contributed by atoms with van der Waals surface area (Å²) in [5, 5.41) is 18.3. The van der Waals surface area contributed by atoms with Crippen LogP contribution in [0.2, 0.25) is 0 Å². The van der Waals surface area contributed by atoms with Crippen molar-refractivity contribution in [3.8, 4) is 5.88 Å². The van der Waals surface area contributed by atoms with Gasteiger partial charge >= 0.3 is 24.3 Å². The lowest BCUT2D eigenvalue weighted by molar-refractivity contribution is -0.193. The number of carbonyl (C=O) groups is 2. The molecule has 0 unspecified atom stereocenters. The van der Waals surface area contributed by atoms with Gasteiger partial charge in [0.15, 0.2) is 5.82 Å². The molecule has 4 rings (SSSR count). The number of likely N-dealkylation sites (tertiary alicyclic amines) is 1. The molecule has 17 heteroatoms. The number of nitrogens with zero attached hydrogens (tertiary/aromatic N) is 3. The number of fused-ring (bicyclic) bond motifs is 1. The van der Waals surface area contributed by atoms with E-state index in [-0.39, 0.29) is 11.3 Å². The summed E-state index contributed by atoms with van der Waals surface area (Å²) in [5.41, 5.74) is 0.808. The summed E-state index contributed by atoms with van der Waals surface area (Å²) in [4.78, 5) is 24.1. The lowest BCUT2D eigenvalue weighted by Crippen LogP contribution is -2.37. The molecule has 0 spiro atoms. The molecule has 2 atom stereocenters. The molecule has 0 bridgehead atoms. The average Bonchev–Trinajstić information content (AvgIpc) is 3.47. The van der Waals surface area contributed by atoms with Gasteiger partial charge in [-0.2, -0.15) is 26.3 Å². The van der Waals surface area contributed by atoms with Crippen LogP contribution in [0.15, 0.2) is 28.9 Å². The molecule has 0 aromatic carbocycles. The molecule has 0 radical (unpaired) electrons. The number of ether oxygens (including phenoxy) is 2. The smallest absolute Gasteiger partial charge is 0.475 e. The van der Waals surface area contributed by atoms with Crippen molar-refractivity contribution in [1.82, 2.24) is 15.0 Å². The highest BCUT2D eigenvalue weighted by Crippen LogP contribution is 2.42. The van der Waals surface area contributed by atoms with Crippen molar-refractivity contribution in [2.75, 3.05) is 32.9 Å². The number of hydrogen-bond acceptors (Lipinski definition) is 8. The number of hydrogen-bond donors (Lipinski definition) is 2. The Labute approximate surface area is 209 Å². The molecule has 2 saturated heterocycles. The first-order valence-electron chi connectivity index (χ1n) is 10.6. The third-order valence-corrected chi connectivity index (χ3v) is 5.36. The molecule has 2 aliphatic rings. The van der Waals surface area contributed by atoms with E-state index in [1.807, 2.05) is 13.0 Å². The number of aliphatic carboxylic acids is 2. The van der Waals surface area contributed by atoms with Crippen molar-refractivity contribution >= 4 is 11.9 Å². The highest BCUT2D eigenvalue weighted by molar-refractivity contribution is 5.73. The van der Waals surface area contributed by atoms with Gasteiger partial charge in [0.2, 0.25) is 5.88 Å². The predicted molar refractivity (Wildman–Crippen MR) is 110 cm³/mol. The van der Waals surface area contributed by atoms with Crippen LogP contribution < -0.4 is 4.74 Å². The second-order valence-electron chi connectivity index (χ2n) is 8.36. The highest BCUT2D eigenvalue weighted by Gasteiger charge is 2.51. The molecular weight excluding hydrogens is 539 g/mol. The molecule has 2 aromatic rings.